The maximum absolute atomic E-state index is 15.6. The first kappa shape index (κ1) is 23.8. The number of halogens is 1. The monoisotopic (exact) mass is 508 g/mol. The minimum atomic E-state index is -1.69. The van der Waals surface area contributed by atoms with Gasteiger partial charge in [-0.25, -0.2) is 9.37 Å². The van der Waals surface area contributed by atoms with Crippen molar-refractivity contribution in [2.75, 3.05) is 4.90 Å². The second-order valence-corrected chi connectivity index (χ2v) is 11.1. The first-order valence-electron chi connectivity index (χ1n) is 13.4. The summed E-state index contributed by atoms with van der Waals surface area (Å²) in [6, 6.07) is 10.7. The molecule has 38 heavy (non-hydrogen) atoms. The van der Waals surface area contributed by atoms with Gasteiger partial charge in [-0.1, -0.05) is 25.0 Å². The van der Waals surface area contributed by atoms with E-state index in [0.717, 1.165) is 49.7 Å². The van der Waals surface area contributed by atoms with Gasteiger partial charge in [-0.15, -0.1) is 10.2 Å². The number of fused-ring (bicyclic) bond motifs is 3. The molecule has 2 aromatic carbocycles. The van der Waals surface area contributed by atoms with Gasteiger partial charge in [0, 0.05) is 6.04 Å². The largest absolute Gasteiger partial charge is 0.507 e. The maximum atomic E-state index is 15.6. The van der Waals surface area contributed by atoms with Gasteiger partial charge in [-0.2, -0.15) is 0 Å². The van der Waals surface area contributed by atoms with Gasteiger partial charge in [0.1, 0.15) is 11.9 Å². The van der Waals surface area contributed by atoms with Crippen LogP contribution < -0.4 is 14.4 Å². The number of hydrogen-bond donors (Lipinski definition) is 1. The molecule has 1 aromatic heterocycles. The number of phenols is 1. The molecule has 2 heterocycles. The number of nitrogens with zero attached hydrogens (tertiary/aromatic N) is 4. The van der Waals surface area contributed by atoms with Crippen molar-refractivity contribution in [2.24, 2.45) is 11.8 Å². The van der Waals surface area contributed by atoms with Crippen LogP contribution in [0.2, 0.25) is 0 Å². The van der Waals surface area contributed by atoms with Crippen LogP contribution in [0, 0.1) is 11.8 Å². The Morgan fingerprint density at radius 3 is 2.50 bits per heavy atom. The topological polar surface area (TPSA) is 80.6 Å². The minimum Gasteiger partial charge on any atom is -0.507 e. The smallest absolute Gasteiger partial charge is 0.185 e. The van der Waals surface area contributed by atoms with Crippen LogP contribution in [0.25, 0.3) is 22.5 Å². The Bertz CT molecular complexity index is 1370. The average molecular weight is 508 g/mol. The molecule has 10 heteroatoms. The molecular weight excluding hydrogens is 481 g/mol. The van der Waals surface area contributed by atoms with Crippen molar-refractivity contribution in [1.82, 2.24) is 15.2 Å². The summed E-state index contributed by atoms with van der Waals surface area (Å²) in [5.74, 6) is 2.59. The molecule has 1 aliphatic heterocycles. The van der Waals surface area contributed by atoms with E-state index >= 15 is 4.39 Å². The van der Waals surface area contributed by atoms with Gasteiger partial charge in [0.25, 0.3) is 0 Å². The number of aromatic hydroxyl groups is 1. The summed E-state index contributed by atoms with van der Waals surface area (Å²) in [5.41, 5.74) is 0.314. The summed E-state index contributed by atoms with van der Waals surface area (Å²) in [6.07, 6.45) is 8.13. The summed E-state index contributed by atoms with van der Waals surface area (Å²) >= 11 is 0. The molecule has 0 unspecified atom stereocenters. The van der Waals surface area contributed by atoms with E-state index in [4.69, 9.17) is 25.2 Å². The lowest BCUT2D eigenvalue weighted by atomic mass is 9.69. The standard InChI is InChI=1S/C28H27B2FN4O3/c29-28(30)37-23-9-5-17(13-24(23)38-28)16-4-8-20(22(36)12-16)27-32-14-25(33-34-27)35(19-6-7-19)21-11-15-2-1-3-18(10-15)26(21)31/h4-5,8-9,12-15,18-19,21,26,36H,1-3,6-7,10-11H2/t15-,18+,21+,26-/m0/s1. The first-order chi connectivity index (χ1) is 18.3. The van der Waals surface area contributed by atoms with Crippen molar-refractivity contribution in [3.63, 3.8) is 0 Å². The number of anilines is 1. The quantitative estimate of drug-likeness (QED) is 0.508. The van der Waals surface area contributed by atoms with Crippen molar-refractivity contribution in [3.8, 4) is 39.8 Å². The maximum Gasteiger partial charge on any atom is 0.185 e. The van der Waals surface area contributed by atoms with Crippen LogP contribution in [0.5, 0.6) is 17.2 Å². The van der Waals surface area contributed by atoms with E-state index in [1.807, 2.05) is 12.1 Å². The van der Waals surface area contributed by atoms with Gasteiger partial charge in [0.05, 0.1) is 17.8 Å². The summed E-state index contributed by atoms with van der Waals surface area (Å²) < 4.78 is 26.3. The average Bonchev–Trinajstić information content (AvgIpc) is 3.68. The van der Waals surface area contributed by atoms with Gasteiger partial charge < -0.3 is 19.5 Å². The van der Waals surface area contributed by atoms with Crippen LogP contribution in [0.1, 0.15) is 44.9 Å². The molecule has 3 saturated carbocycles. The number of hydrogen-bond acceptors (Lipinski definition) is 7. The van der Waals surface area contributed by atoms with E-state index in [2.05, 4.69) is 20.1 Å². The molecule has 190 valence electrons. The molecule has 0 saturated heterocycles. The molecule has 7 nitrogen and oxygen atoms in total. The fraction of sp³-hybridized carbons (Fsp3) is 0.464. The van der Waals surface area contributed by atoms with Crippen molar-refractivity contribution in [2.45, 2.75) is 68.8 Å². The Kier molecular flexibility index (Phi) is 5.57. The van der Waals surface area contributed by atoms with E-state index < -0.39 is 11.8 Å². The van der Waals surface area contributed by atoms with Crippen LogP contribution in [-0.4, -0.2) is 59.8 Å². The highest BCUT2D eigenvalue weighted by Gasteiger charge is 2.47. The lowest BCUT2D eigenvalue weighted by Gasteiger charge is -2.46. The van der Waals surface area contributed by atoms with E-state index in [-0.39, 0.29) is 17.7 Å². The number of ether oxygens (including phenoxy) is 2. The summed E-state index contributed by atoms with van der Waals surface area (Å²) in [4.78, 5) is 6.69. The number of phenolic OH excluding ortho intramolecular Hbond substituents is 1. The fourth-order valence-electron chi connectivity index (χ4n) is 6.50. The number of benzene rings is 2. The predicted octanol–water partition coefficient (Wildman–Crippen LogP) is 4.52. The van der Waals surface area contributed by atoms with Gasteiger partial charge in [0.2, 0.25) is 0 Å². The summed E-state index contributed by atoms with van der Waals surface area (Å²) in [5, 5.41) is 19.7. The van der Waals surface area contributed by atoms with Crippen LogP contribution in [-0.2, 0) is 0 Å². The molecule has 1 N–H and O–H groups in total. The van der Waals surface area contributed by atoms with Crippen molar-refractivity contribution in [3.05, 3.63) is 42.6 Å². The molecule has 3 aromatic rings. The molecule has 0 amide bonds. The zero-order valence-corrected chi connectivity index (χ0v) is 21.0. The normalized spacial score (nSPS) is 27.2. The van der Waals surface area contributed by atoms with Crippen LogP contribution in [0.15, 0.2) is 42.6 Å². The Morgan fingerprint density at radius 1 is 0.947 bits per heavy atom. The molecule has 4 radical (unpaired) electrons. The minimum absolute atomic E-state index is 0.0182. The Morgan fingerprint density at radius 2 is 1.74 bits per heavy atom. The second-order valence-electron chi connectivity index (χ2n) is 11.1. The van der Waals surface area contributed by atoms with Crippen molar-refractivity contribution < 1.29 is 19.0 Å². The fourth-order valence-corrected chi connectivity index (χ4v) is 6.50. The first-order valence-corrected chi connectivity index (χ1v) is 13.4. The molecule has 3 fully saturated rings. The van der Waals surface area contributed by atoms with Gasteiger partial charge in [0.15, 0.2) is 44.4 Å². The SMILES string of the molecule is [B]C1([B])Oc2ccc(-c3ccc(-c4ncc(N(C5CC5)[C@@H]5C[C@H]6CCC[C@H](C6)[C@@H]5F)nn4)c(O)c3)cc2O1. The van der Waals surface area contributed by atoms with E-state index in [9.17, 15) is 5.11 Å². The second kappa shape index (κ2) is 8.89. The van der Waals surface area contributed by atoms with E-state index in [1.165, 1.54) is 6.42 Å². The van der Waals surface area contributed by atoms with Gasteiger partial charge in [-0.3, -0.25) is 0 Å². The third kappa shape index (κ3) is 4.28. The lowest BCUT2D eigenvalue weighted by molar-refractivity contribution is 0.0631. The molecule has 4 atom stereocenters. The molecule has 3 aliphatic carbocycles. The van der Waals surface area contributed by atoms with Crippen LogP contribution in [0.4, 0.5) is 10.2 Å². The van der Waals surface area contributed by atoms with Gasteiger partial charge >= 0.3 is 0 Å². The molecule has 4 aliphatic rings. The van der Waals surface area contributed by atoms with E-state index in [1.54, 1.807) is 30.5 Å². The predicted molar refractivity (Wildman–Crippen MR) is 142 cm³/mol. The third-order valence-corrected chi connectivity index (χ3v) is 8.38. The van der Waals surface area contributed by atoms with E-state index in [0.29, 0.717) is 40.7 Å². The Balaban J connectivity index is 1.13. The number of rotatable bonds is 5. The highest BCUT2D eigenvalue weighted by atomic mass is 19.1. The highest BCUT2D eigenvalue weighted by molar-refractivity contribution is 6.38. The van der Waals surface area contributed by atoms with Crippen molar-refractivity contribution >= 4 is 21.5 Å². The van der Waals surface area contributed by atoms with Crippen molar-refractivity contribution in [1.29, 1.82) is 0 Å². The van der Waals surface area contributed by atoms with Crippen LogP contribution in [0.3, 0.4) is 0 Å². The zero-order chi connectivity index (χ0) is 26.0. The molecular formula is C28H27B2FN4O3. The summed E-state index contributed by atoms with van der Waals surface area (Å²) in [6.45, 7) is 0. The van der Waals surface area contributed by atoms with Crippen LogP contribution >= 0.6 is 0 Å². The lowest BCUT2D eigenvalue weighted by Crippen LogP contribution is -2.52. The zero-order valence-electron chi connectivity index (χ0n) is 21.0. The molecule has 7 rings (SSSR count). The molecule has 0 spiro atoms. The highest BCUT2D eigenvalue weighted by Crippen LogP contribution is 2.46. The third-order valence-electron chi connectivity index (χ3n) is 8.38. The molecule has 2 bridgehead atoms. The summed E-state index contributed by atoms with van der Waals surface area (Å²) in [7, 11) is 11.4. The Labute approximate surface area is 223 Å². The number of aromatic nitrogens is 3. The van der Waals surface area contributed by atoms with Gasteiger partial charge in [-0.05, 0) is 79.3 Å². The number of alkyl halides is 1. The Hall–Kier alpha value is -3.29.